The molecule has 4 heteroatoms. The van der Waals surface area contributed by atoms with Crippen molar-refractivity contribution < 1.29 is 14.3 Å². The van der Waals surface area contributed by atoms with Gasteiger partial charge in [-0.25, -0.2) is 0 Å². The normalized spacial score (nSPS) is 23.5. The molecule has 128 valence electrons. The van der Waals surface area contributed by atoms with Crippen molar-refractivity contribution in [2.24, 2.45) is 11.8 Å². The molecule has 0 N–H and O–H groups in total. The van der Waals surface area contributed by atoms with Crippen LogP contribution in [0.1, 0.15) is 31.2 Å². The number of carbonyl (C=O) groups is 2. The Morgan fingerprint density at radius 1 is 1.21 bits per heavy atom. The van der Waals surface area contributed by atoms with E-state index in [0.29, 0.717) is 25.6 Å². The first-order valence-corrected chi connectivity index (χ1v) is 8.85. The van der Waals surface area contributed by atoms with Gasteiger partial charge in [-0.05, 0) is 37.2 Å². The monoisotopic (exact) mass is 327 g/mol. The lowest BCUT2D eigenvalue weighted by atomic mass is 9.95. The van der Waals surface area contributed by atoms with Crippen molar-refractivity contribution in [3.05, 3.63) is 48.0 Å². The van der Waals surface area contributed by atoms with Gasteiger partial charge in [0, 0.05) is 19.5 Å². The molecule has 1 saturated heterocycles. The second-order valence-electron chi connectivity index (χ2n) is 6.76. The molecule has 2 atom stereocenters. The van der Waals surface area contributed by atoms with Crippen LogP contribution in [0.4, 0.5) is 0 Å². The Bertz CT molecular complexity index is 596. The zero-order valence-electron chi connectivity index (χ0n) is 14.0. The van der Waals surface area contributed by atoms with Gasteiger partial charge in [0.25, 0.3) is 0 Å². The molecular weight excluding hydrogens is 302 g/mol. The zero-order chi connectivity index (χ0) is 16.8. The van der Waals surface area contributed by atoms with Gasteiger partial charge in [0.05, 0.1) is 12.5 Å². The molecule has 2 unspecified atom stereocenters. The highest BCUT2D eigenvalue weighted by Crippen LogP contribution is 2.22. The molecule has 1 aliphatic heterocycles. The van der Waals surface area contributed by atoms with Gasteiger partial charge in [0.2, 0.25) is 5.91 Å². The third kappa shape index (κ3) is 4.47. The first-order chi connectivity index (χ1) is 11.7. The Morgan fingerprint density at radius 2 is 2.04 bits per heavy atom. The maximum Gasteiger partial charge on any atom is 0.311 e. The molecule has 24 heavy (non-hydrogen) atoms. The molecule has 0 radical (unpaired) electrons. The van der Waals surface area contributed by atoms with E-state index in [4.69, 9.17) is 4.74 Å². The molecule has 0 spiro atoms. The summed E-state index contributed by atoms with van der Waals surface area (Å²) < 4.78 is 5.47. The highest BCUT2D eigenvalue weighted by atomic mass is 16.5. The van der Waals surface area contributed by atoms with E-state index in [1.165, 1.54) is 5.56 Å². The number of likely N-dealkylation sites (tertiary alicyclic amines) is 1. The third-order valence-electron chi connectivity index (χ3n) is 4.90. The minimum atomic E-state index is -0.299. The highest BCUT2D eigenvalue weighted by molar-refractivity contribution is 5.86. The predicted octanol–water partition coefficient (Wildman–Crippen LogP) is 2.98. The largest absolute Gasteiger partial charge is 0.465 e. The van der Waals surface area contributed by atoms with Crippen LogP contribution in [-0.4, -0.2) is 36.5 Å². The second kappa shape index (κ2) is 8.13. The average molecular weight is 327 g/mol. The summed E-state index contributed by atoms with van der Waals surface area (Å²) in [6, 6.07) is 10.1. The fourth-order valence-electron chi connectivity index (χ4n) is 3.38. The Balaban J connectivity index is 1.43. The van der Waals surface area contributed by atoms with Crippen molar-refractivity contribution in [1.29, 1.82) is 0 Å². The summed E-state index contributed by atoms with van der Waals surface area (Å²) in [7, 11) is 0. The first kappa shape index (κ1) is 16.7. The van der Waals surface area contributed by atoms with Gasteiger partial charge in [-0.2, -0.15) is 0 Å². The Morgan fingerprint density at radius 3 is 2.79 bits per heavy atom. The Kier molecular flexibility index (Phi) is 5.68. The lowest BCUT2D eigenvalue weighted by molar-refractivity contribution is -0.149. The summed E-state index contributed by atoms with van der Waals surface area (Å²) in [6.07, 6.45) is 8.58. The van der Waals surface area contributed by atoms with Crippen LogP contribution in [0.15, 0.2) is 42.5 Å². The molecule has 1 aromatic carbocycles. The number of esters is 1. The Hall–Kier alpha value is -2.10. The fraction of sp³-hybridized carbons (Fsp3) is 0.500. The van der Waals surface area contributed by atoms with Gasteiger partial charge < -0.3 is 9.64 Å². The molecule has 4 nitrogen and oxygen atoms in total. The van der Waals surface area contributed by atoms with E-state index >= 15 is 0 Å². The summed E-state index contributed by atoms with van der Waals surface area (Å²) >= 11 is 0. The fourth-order valence-corrected chi connectivity index (χ4v) is 3.38. The van der Waals surface area contributed by atoms with Gasteiger partial charge in [-0.3, -0.25) is 9.59 Å². The van der Waals surface area contributed by atoms with Crippen LogP contribution in [0.25, 0.3) is 0 Å². The van der Waals surface area contributed by atoms with E-state index in [1.807, 2.05) is 18.2 Å². The van der Waals surface area contributed by atoms with Crippen molar-refractivity contribution >= 4 is 11.9 Å². The van der Waals surface area contributed by atoms with E-state index in [-0.39, 0.29) is 24.2 Å². The van der Waals surface area contributed by atoms with Gasteiger partial charge >= 0.3 is 5.97 Å². The van der Waals surface area contributed by atoms with Crippen LogP contribution in [0, 0.1) is 11.8 Å². The summed E-state index contributed by atoms with van der Waals surface area (Å²) in [5.74, 6) is -0.00811. The van der Waals surface area contributed by atoms with Crippen molar-refractivity contribution in [3.8, 4) is 0 Å². The number of hydrogen-bond acceptors (Lipinski definition) is 3. The van der Waals surface area contributed by atoms with Crippen LogP contribution in [0.5, 0.6) is 0 Å². The molecule has 1 heterocycles. The van der Waals surface area contributed by atoms with Crippen molar-refractivity contribution in [3.63, 3.8) is 0 Å². The molecule has 0 saturated carbocycles. The van der Waals surface area contributed by atoms with Crippen molar-refractivity contribution in [2.75, 3.05) is 19.7 Å². The van der Waals surface area contributed by atoms with E-state index in [0.717, 1.165) is 25.7 Å². The zero-order valence-corrected chi connectivity index (χ0v) is 14.0. The summed E-state index contributed by atoms with van der Waals surface area (Å²) in [6.45, 7) is 1.65. The molecule has 0 bridgehead atoms. The van der Waals surface area contributed by atoms with E-state index < -0.39 is 0 Å². The number of rotatable bonds is 6. The van der Waals surface area contributed by atoms with Crippen LogP contribution >= 0.6 is 0 Å². The molecule has 3 rings (SSSR count). The predicted molar refractivity (Wildman–Crippen MR) is 92.3 cm³/mol. The minimum absolute atomic E-state index is 0.0634. The molecular formula is C20H25NO3. The smallest absolute Gasteiger partial charge is 0.311 e. The summed E-state index contributed by atoms with van der Waals surface area (Å²) in [5.41, 5.74) is 1.21. The number of allylic oxidation sites excluding steroid dienone is 2. The standard InChI is InChI=1S/C20H25NO3/c22-19-13-18(20(23)24-15-17-9-5-2-6-10-17)14-21(19)12-11-16-7-3-1-4-8-16/h1-5,7-8,17-18H,6,9-15H2. The number of nitrogens with zero attached hydrogens (tertiary/aromatic N) is 1. The Labute approximate surface area is 143 Å². The second-order valence-corrected chi connectivity index (χ2v) is 6.76. The molecule has 1 amide bonds. The molecule has 1 aromatic rings. The lowest BCUT2D eigenvalue weighted by Crippen LogP contribution is -2.29. The van der Waals surface area contributed by atoms with Crippen LogP contribution < -0.4 is 0 Å². The molecule has 1 fully saturated rings. The maximum atomic E-state index is 12.2. The van der Waals surface area contributed by atoms with E-state index in [1.54, 1.807) is 4.90 Å². The third-order valence-corrected chi connectivity index (χ3v) is 4.90. The van der Waals surface area contributed by atoms with Crippen LogP contribution in [-0.2, 0) is 20.7 Å². The van der Waals surface area contributed by atoms with Crippen molar-refractivity contribution in [2.45, 2.75) is 32.1 Å². The van der Waals surface area contributed by atoms with E-state index in [9.17, 15) is 9.59 Å². The quantitative estimate of drug-likeness (QED) is 0.596. The SMILES string of the molecule is O=C(OCC1CC=CCC1)C1CC(=O)N(CCc2ccccc2)C1. The summed E-state index contributed by atoms with van der Waals surface area (Å²) in [5, 5.41) is 0. The molecule has 0 aromatic heterocycles. The molecule has 2 aliphatic rings. The van der Waals surface area contributed by atoms with E-state index in [2.05, 4.69) is 24.3 Å². The van der Waals surface area contributed by atoms with Crippen LogP contribution in [0.3, 0.4) is 0 Å². The van der Waals surface area contributed by atoms with Gasteiger partial charge in [-0.15, -0.1) is 0 Å². The van der Waals surface area contributed by atoms with Gasteiger partial charge in [0.1, 0.15) is 0 Å². The van der Waals surface area contributed by atoms with Gasteiger partial charge in [0.15, 0.2) is 0 Å². The number of ether oxygens (including phenoxy) is 1. The topological polar surface area (TPSA) is 46.6 Å². The summed E-state index contributed by atoms with van der Waals surface area (Å²) in [4.78, 5) is 26.2. The lowest BCUT2D eigenvalue weighted by Gasteiger charge is -2.19. The number of hydrogen-bond donors (Lipinski definition) is 0. The maximum absolute atomic E-state index is 12.2. The van der Waals surface area contributed by atoms with Crippen LogP contribution in [0.2, 0.25) is 0 Å². The number of benzene rings is 1. The number of carbonyl (C=O) groups excluding carboxylic acids is 2. The highest BCUT2D eigenvalue weighted by Gasteiger charge is 2.35. The molecule has 1 aliphatic carbocycles. The van der Waals surface area contributed by atoms with Gasteiger partial charge in [-0.1, -0.05) is 42.5 Å². The average Bonchev–Trinajstić information content (AvgIpc) is 3.00. The first-order valence-electron chi connectivity index (χ1n) is 8.85. The van der Waals surface area contributed by atoms with Crippen molar-refractivity contribution in [1.82, 2.24) is 4.90 Å². The minimum Gasteiger partial charge on any atom is -0.465 e. The number of amides is 1.